The third kappa shape index (κ3) is 2.20. The van der Waals surface area contributed by atoms with Crippen LogP contribution >= 0.6 is 11.6 Å². The molecule has 0 saturated carbocycles. The minimum atomic E-state index is 0.0620. The largest absolute Gasteiger partial charge is 0.394 e. The number of halogens is 1. The monoisotopic (exact) mass is 238 g/mol. The van der Waals surface area contributed by atoms with Crippen LogP contribution in [-0.4, -0.2) is 31.5 Å². The van der Waals surface area contributed by atoms with Gasteiger partial charge in [-0.15, -0.1) is 0 Å². The Hall–Kier alpha value is -1.46. The first-order chi connectivity index (χ1) is 7.70. The third-order valence-electron chi connectivity index (χ3n) is 2.18. The molecule has 0 amide bonds. The number of hydrogen-bond acceptors (Lipinski definition) is 4. The number of aromatic nitrogens is 4. The molecule has 0 bridgehead atoms. The molecule has 2 aromatic heterocycles. The first-order valence-corrected chi connectivity index (χ1v) is 5.22. The Balaban J connectivity index is 2.37. The normalized spacial score (nSPS) is 10.7. The maximum Gasteiger partial charge on any atom is 0.222 e. The SMILES string of the molecule is Cc1cc(-c2ccnc(Cl)n2)nn1CCO. The number of aliphatic hydroxyl groups is 1. The average Bonchev–Trinajstić information content (AvgIpc) is 2.61. The van der Waals surface area contributed by atoms with Gasteiger partial charge in [0.25, 0.3) is 0 Å². The van der Waals surface area contributed by atoms with Gasteiger partial charge in [-0.05, 0) is 30.7 Å². The standard InChI is InChI=1S/C10H11ClN4O/c1-7-6-9(14-15(7)4-5-16)8-2-3-12-10(11)13-8/h2-3,6,16H,4-5H2,1H3. The molecule has 0 aliphatic heterocycles. The maximum atomic E-state index is 8.86. The molecule has 5 nitrogen and oxygen atoms in total. The van der Waals surface area contributed by atoms with E-state index in [0.29, 0.717) is 12.2 Å². The number of aliphatic hydroxyl groups excluding tert-OH is 1. The van der Waals surface area contributed by atoms with Crippen LogP contribution in [0.25, 0.3) is 11.4 Å². The first-order valence-electron chi connectivity index (χ1n) is 4.85. The highest BCUT2D eigenvalue weighted by atomic mass is 35.5. The molecule has 0 radical (unpaired) electrons. The molecule has 0 unspecified atom stereocenters. The zero-order chi connectivity index (χ0) is 11.5. The Labute approximate surface area is 97.7 Å². The van der Waals surface area contributed by atoms with E-state index in [1.54, 1.807) is 16.9 Å². The van der Waals surface area contributed by atoms with Crippen molar-refractivity contribution in [3.63, 3.8) is 0 Å². The second-order valence-corrected chi connectivity index (χ2v) is 3.67. The fourth-order valence-corrected chi connectivity index (χ4v) is 1.58. The van der Waals surface area contributed by atoms with E-state index < -0.39 is 0 Å². The number of hydrogen-bond donors (Lipinski definition) is 1. The molecule has 84 valence electrons. The van der Waals surface area contributed by atoms with Crippen LogP contribution in [0.5, 0.6) is 0 Å². The zero-order valence-electron chi connectivity index (χ0n) is 8.76. The van der Waals surface area contributed by atoms with Gasteiger partial charge in [-0.3, -0.25) is 4.68 Å². The van der Waals surface area contributed by atoms with Crippen LogP contribution in [0.1, 0.15) is 5.69 Å². The van der Waals surface area contributed by atoms with Gasteiger partial charge in [-0.2, -0.15) is 5.10 Å². The van der Waals surface area contributed by atoms with Gasteiger partial charge in [0.05, 0.1) is 18.8 Å². The van der Waals surface area contributed by atoms with E-state index in [1.807, 2.05) is 13.0 Å². The fourth-order valence-electron chi connectivity index (χ4n) is 1.43. The van der Waals surface area contributed by atoms with E-state index >= 15 is 0 Å². The second-order valence-electron chi connectivity index (χ2n) is 3.33. The van der Waals surface area contributed by atoms with Crippen LogP contribution in [0, 0.1) is 6.92 Å². The summed E-state index contributed by atoms with van der Waals surface area (Å²) in [5.41, 5.74) is 2.38. The molecule has 2 aromatic rings. The molecule has 0 fully saturated rings. The minimum Gasteiger partial charge on any atom is -0.394 e. The first kappa shape index (κ1) is 11.0. The van der Waals surface area contributed by atoms with Gasteiger partial charge in [-0.25, -0.2) is 9.97 Å². The van der Waals surface area contributed by atoms with E-state index in [1.165, 1.54) is 0 Å². The van der Waals surface area contributed by atoms with Crippen molar-refractivity contribution in [3.8, 4) is 11.4 Å². The highest BCUT2D eigenvalue weighted by Crippen LogP contribution is 2.17. The molecule has 0 saturated heterocycles. The average molecular weight is 239 g/mol. The fraction of sp³-hybridized carbons (Fsp3) is 0.300. The summed E-state index contributed by atoms with van der Waals surface area (Å²) in [6.07, 6.45) is 1.59. The van der Waals surface area contributed by atoms with Gasteiger partial charge in [0.1, 0.15) is 5.69 Å². The summed E-state index contributed by atoms with van der Waals surface area (Å²) >= 11 is 5.71. The lowest BCUT2D eigenvalue weighted by atomic mass is 10.3. The third-order valence-corrected chi connectivity index (χ3v) is 2.36. The summed E-state index contributed by atoms with van der Waals surface area (Å²) in [6, 6.07) is 3.64. The predicted molar refractivity (Wildman–Crippen MR) is 60.1 cm³/mol. The molecule has 2 rings (SSSR count). The van der Waals surface area contributed by atoms with E-state index in [-0.39, 0.29) is 11.9 Å². The molecule has 2 heterocycles. The smallest absolute Gasteiger partial charge is 0.222 e. The Kier molecular flexibility index (Phi) is 3.17. The van der Waals surface area contributed by atoms with Gasteiger partial charge in [0, 0.05) is 11.9 Å². The lowest BCUT2D eigenvalue weighted by Crippen LogP contribution is -2.05. The van der Waals surface area contributed by atoms with Gasteiger partial charge in [0.2, 0.25) is 5.28 Å². The van der Waals surface area contributed by atoms with Gasteiger partial charge in [-0.1, -0.05) is 0 Å². The lowest BCUT2D eigenvalue weighted by molar-refractivity contribution is 0.268. The predicted octanol–water partition coefficient (Wildman–Crippen LogP) is 1.29. The topological polar surface area (TPSA) is 63.8 Å². The second kappa shape index (κ2) is 4.59. The molecule has 16 heavy (non-hydrogen) atoms. The molecule has 0 atom stereocenters. The van der Waals surface area contributed by atoms with E-state index in [9.17, 15) is 0 Å². The molecule has 6 heteroatoms. The Morgan fingerprint density at radius 1 is 1.44 bits per heavy atom. The van der Waals surface area contributed by atoms with Crippen LogP contribution in [0.15, 0.2) is 18.3 Å². The number of rotatable bonds is 3. The molecular formula is C10H11ClN4O. The summed E-state index contributed by atoms with van der Waals surface area (Å²) in [4.78, 5) is 7.88. The van der Waals surface area contributed by atoms with Crippen molar-refractivity contribution in [1.29, 1.82) is 0 Å². The molecule has 0 spiro atoms. The van der Waals surface area contributed by atoms with Crippen LogP contribution < -0.4 is 0 Å². The maximum absolute atomic E-state index is 8.86. The van der Waals surface area contributed by atoms with Gasteiger partial charge >= 0.3 is 0 Å². The van der Waals surface area contributed by atoms with Crippen molar-refractivity contribution in [2.75, 3.05) is 6.61 Å². The lowest BCUT2D eigenvalue weighted by Gasteiger charge is -1.99. The molecule has 0 aliphatic carbocycles. The Morgan fingerprint density at radius 3 is 2.94 bits per heavy atom. The zero-order valence-corrected chi connectivity index (χ0v) is 9.52. The summed E-state index contributed by atoms with van der Waals surface area (Å²) < 4.78 is 1.73. The van der Waals surface area contributed by atoms with E-state index in [0.717, 1.165) is 11.4 Å². The Bertz CT molecular complexity index is 497. The van der Waals surface area contributed by atoms with Crippen molar-refractivity contribution in [2.45, 2.75) is 13.5 Å². The van der Waals surface area contributed by atoms with Crippen LogP contribution in [-0.2, 0) is 6.54 Å². The van der Waals surface area contributed by atoms with Crippen molar-refractivity contribution in [1.82, 2.24) is 19.7 Å². The molecule has 0 aromatic carbocycles. The van der Waals surface area contributed by atoms with Gasteiger partial charge in [0.15, 0.2) is 0 Å². The van der Waals surface area contributed by atoms with Crippen LogP contribution in [0.3, 0.4) is 0 Å². The Morgan fingerprint density at radius 2 is 2.25 bits per heavy atom. The molecular weight excluding hydrogens is 228 g/mol. The van der Waals surface area contributed by atoms with Crippen molar-refractivity contribution < 1.29 is 5.11 Å². The van der Waals surface area contributed by atoms with Crippen molar-refractivity contribution in [3.05, 3.63) is 29.3 Å². The van der Waals surface area contributed by atoms with Crippen molar-refractivity contribution in [2.24, 2.45) is 0 Å². The molecule has 1 N–H and O–H groups in total. The molecule has 0 aliphatic rings. The van der Waals surface area contributed by atoms with E-state index in [4.69, 9.17) is 16.7 Å². The highest BCUT2D eigenvalue weighted by Gasteiger charge is 2.07. The summed E-state index contributed by atoms with van der Waals surface area (Å²) in [5.74, 6) is 0. The van der Waals surface area contributed by atoms with Crippen LogP contribution in [0.4, 0.5) is 0 Å². The van der Waals surface area contributed by atoms with Gasteiger partial charge < -0.3 is 5.11 Å². The number of nitrogens with zero attached hydrogens (tertiary/aromatic N) is 4. The number of aryl methyl sites for hydroxylation is 1. The quantitative estimate of drug-likeness (QED) is 0.819. The highest BCUT2D eigenvalue weighted by molar-refractivity contribution is 6.28. The van der Waals surface area contributed by atoms with Crippen molar-refractivity contribution >= 4 is 11.6 Å². The summed E-state index contributed by atoms with van der Waals surface area (Å²) in [5, 5.41) is 13.4. The minimum absolute atomic E-state index is 0.0620. The summed E-state index contributed by atoms with van der Waals surface area (Å²) in [6.45, 7) is 2.46. The summed E-state index contributed by atoms with van der Waals surface area (Å²) in [7, 11) is 0. The van der Waals surface area contributed by atoms with Crippen LogP contribution in [0.2, 0.25) is 5.28 Å². The van der Waals surface area contributed by atoms with E-state index in [2.05, 4.69) is 15.1 Å².